The van der Waals surface area contributed by atoms with Crippen LogP contribution >= 0.6 is 0 Å². The molecule has 1 aromatic carbocycles. The van der Waals surface area contributed by atoms with E-state index in [1.165, 1.54) is 0 Å². The minimum atomic E-state index is 0. The number of hydrogen-bond acceptors (Lipinski definition) is 0. The van der Waals surface area contributed by atoms with Gasteiger partial charge in [0.15, 0.2) is 0 Å². The first kappa shape index (κ1) is 20.9. The van der Waals surface area contributed by atoms with Crippen LogP contribution in [-0.2, 0) is 34.1 Å². The van der Waals surface area contributed by atoms with Crippen LogP contribution in [-0.4, -0.2) is 5.48 Å². The Hall–Kier alpha value is -0.481. The number of benzene rings is 1. The van der Waals surface area contributed by atoms with Crippen molar-refractivity contribution < 1.29 is 39.6 Å². The number of nitrogens with two attached hydrogens (primary N) is 1. The number of rotatable bonds is 0. The van der Waals surface area contributed by atoms with Gasteiger partial charge in [0.05, 0.1) is 0 Å². The van der Waals surface area contributed by atoms with E-state index in [4.69, 9.17) is 0 Å². The standard InChI is InChI=1S/C10H10N2.2Cu.H2N.H2O/c1-7-8(2)12-10-6-4-3-5-9(10)11-7;;;;/h3-6H,1-2H3;;;2*1H2/q-2;+1;+2;-1;. The number of fused-ring (bicyclic) bond motifs is 1. The summed E-state index contributed by atoms with van der Waals surface area (Å²) in [6, 6.07) is 7.92. The Labute approximate surface area is 117 Å². The van der Waals surface area contributed by atoms with Crippen LogP contribution < -0.4 is 0 Å². The van der Waals surface area contributed by atoms with Crippen LogP contribution in [0, 0.1) is 0 Å². The molecule has 1 radical (unpaired) electrons. The van der Waals surface area contributed by atoms with Crippen LogP contribution in [0.4, 0.5) is 11.4 Å². The topological polar surface area (TPSA) is 93.2 Å². The SMILES string of the molecule is CC1=C(C)[N-]c2ccccc2[N-]1.O.[Cu+2].[Cu+].[NH2-]. The van der Waals surface area contributed by atoms with Crippen LogP contribution in [0.1, 0.15) is 13.8 Å². The van der Waals surface area contributed by atoms with E-state index in [0.29, 0.717) is 0 Å². The molecule has 1 aromatic rings. The summed E-state index contributed by atoms with van der Waals surface area (Å²) in [5.41, 5.74) is 3.96. The van der Waals surface area contributed by atoms with Crippen LogP contribution in [0.5, 0.6) is 0 Å². The Morgan fingerprint density at radius 2 is 1.19 bits per heavy atom. The summed E-state index contributed by atoms with van der Waals surface area (Å²) in [5, 5.41) is 8.83. The quantitative estimate of drug-likeness (QED) is 0.650. The van der Waals surface area contributed by atoms with Crippen molar-refractivity contribution in [3.05, 3.63) is 52.4 Å². The van der Waals surface area contributed by atoms with Crippen molar-refractivity contribution in [2.75, 3.05) is 0 Å². The van der Waals surface area contributed by atoms with E-state index in [1.807, 2.05) is 38.1 Å². The van der Waals surface area contributed by atoms with Crippen LogP contribution in [0.25, 0.3) is 16.8 Å². The molecule has 0 saturated carbocycles. The van der Waals surface area contributed by atoms with E-state index in [0.717, 1.165) is 22.8 Å². The molecule has 0 bridgehead atoms. The smallest absolute Gasteiger partial charge is 0.693 e. The van der Waals surface area contributed by atoms with Gasteiger partial charge in [-0.2, -0.15) is 22.8 Å². The minimum absolute atomic E-state index is 0. The Balaban J connectivity index is -0.000000422. The first-order valence-corrected chi connectivity index (χ1v) is 3.97. The van der Waals surface area contributed by atoms with Crippen molar-refractivity contribution in [2.45, 2.75) is 13.8 Å². The van der Waals surface area contributed by atoms with Crippen LogP contribution in [0.3, 0.4) is 0 Å². The molecule has 0 aromatic heterocycles. The van der Waals surface area contributed by atoms with E-state index in [2.05, 4.69) is 10.6 Å². The number of para-hydroxylation sites is 2. The second kappa shape index (κ2) is 8.65. The summed E-state index contributed by atoms with van der Waals surface area (Å²) in [4.78, 5) is 0. The van der Waals surface area contributed by atoms with Gasteiger partial charge in [0, 0.05) is 0 Å². The molecular weight excluding hydrogens is 305 g/mol. The summed E-state index contributed by atoms with van der Waals surface area (Å²) in [6.07, 6.45) is 0. The maximum atomic E-state index is 4.41. The Bertz CT molecular complexity index is 323. The zero-order valence-corrected chi connectivity index (χ0v) is 10.8. The van der Waals surface area contributed by atoms with Crippen molar-refractivity contribution in [3.63, 3.8) is 0 Å². The van der Waals surface area contributed by atoms with Gasteiger partial charge in [0.2, 0.25) is 0 Å². The van der Waals surface area contributed by atoms with Crippen molar-refractivity contribution in [2.24, 2.45) is 0 Å². The number of hydrogen-bond donors (Lipinski definition) is 0. The predicted octanol–water partition coefficient (Wildman–Crippen LogP) is 3.85. The van der Waals surface area contributed by atoms with Gasteiger partial charge in [-0.3, -0.25) is 0 Å². The molecule has 6 heteroatoms. The fraction of sp³-hybridized carbons (Fsp3) is 0.200. The molecule has 0 spiro atoms. The van der Waals surface area contributed by atoms with E-state index in [9.17, 15) is 0 Å². The third-order valence-corrected chi connectivity index (χ3v) is 1.98. The molecule has 0 atom stereocenters. The van der Waals surface area contributed by atoms with Gasteiger partial charge in [0.25, 0.3) is 0 Å². The minimum Gasteiger partial charge on any atom is -0.693 e. The molecule has 1 aliphatic rings. The molecule has 0 aliphatic carbocycles. The Morgan fingerprint density at radius 3 is 1.50 bits per heavy atom. The van der Waals surface area contributed by atoms with E-state index < -0.39 is 0 Å². The van der Waals surface area contributed by atoms with Gasteiger partial charge in [-0.25, -0.2) is 0 Å². The van der Waals surface area contributed by atoms with Crippen LogP contribution in [0.15, 0.2) is 35.7 Å². The molecule has 97 valence electrons. The third-order valence-electron chi connectivity index (χ3n) is 1.98. The van der Waals surface area contributed by atoms with E-state index in [1.54, 1.807) is 0 Å². The van der Waals surface area contributed by atoms with Crippen molar-refractivity contribution in [1.82, 2.24) is 0 Å². The maximum absolute atomic E-state index is 4.41. The Morgan fingerprint density at radius 1 is 0.875 bits per heavy atom. The van der Waals surface area contributed by atoms with Crippen molar-refractivity contribution in [1.29, 1.82) is 0 Å². The van der Waals surface area contributed by atoms with E-state index >= 15 is 0 Å². The molecule has 0 amide bonds. The summed E-state index contributed by atoms with van der Waals surface area (Å²) in [6.45, 7) is 3.96. The average Bonchev–Trinajstić information content (AvgIpc) is 2.07. The van der Waals surface area contributed by atoms with Gasteiger partial charge in [0.1, 0.15) is 0 Å². The van der Waals surface area contributed by atoms with Gasteiger partial charge < -0.3 is 22.3 Å². The monoisotopic (exact) mass is 318 g/mol. The van der Waals surface area contributed by atoms with Gasteiger partial charge in [-0.1, -0.05) is 38.1 Å². The molecule has 0 unspecified atom stereocenters. The molecule has 0 saturated heterocycles. The normalized spacial score (nSPS) is 11.1. The molecule has 16 heavy (non-hydrogen) atoms. The fourth-order valence-corrected chi connectivity index (χ4v) is 1.18. The molecule has 1 heterocycles. The zero-order valence-electron chi connectivity index (χ0n) is 8.88. The largest absolute Gasteiger partial charge is 2.00 e. The summed E-state index contributed by atoms with van der Waals surface area (Å²) in [7, 11) is 0. The van der Waals surface area contributed by atoms with Gasteiger partial charge >= 0.3 is 34.1 Å². The molecule has 4 nitrogen and oxygen atoms in total. The summed E-state index contributed by atoms with van der Waals surface area (Å²) >= 11 is 0. The first-order valence-electron chi connectivity index (χ1n) is 3.97. The molecular formula is C10H14Cu2N3O. The Kier molecular flexibility index (Phi) is 11.3. The molecule has 0 fully saturated rings. The second-order valence-corrected chi connectivity index (χ2v) is 2.88. The summed E-state index contributed by atoms with van der Waals surface area (Å²) < 4.78 is 0. The maximum Gasteiger partial charge on any atom is 2.00 e. The fourth-order valence-electron chi connectivity index (χ4n) is 1.18. The predicted molar refractivity (Wildman–Crippen MR) is 59.8 cm³/mol. The number of allylic oxidation sites excluding steroid dienone is 2. The number of nitrogens with zero attached hydrogens (tertiary/aromatic N) is 2. The third kappa shape index (κ3) is 4.18. The summed E-state index contributed by atoms with van der Waals surface area (Å²) in [5.74, 6) is 0. The van der Waals surface area contributed by atoms with E-state index in [-0.39, 0.29) is 45.8 Å². The molecule has 1 aliphatic heterocycles. The zero-order chi connectivity index (χ0) is 8.55. The molecule has 2 rings (SSSR count). The van der Waals surface area contributed by atoms with Crippen molar-refractivity contribution >= 4 is 11.4 Å². The first-order chi connectivity index (χ1) is 5.77. The molecule has 4 N–H and O–H groups in total. The van der Waals surface area contributed by atoms with Crippen molar-refractivity contribution in [3.8, 4) is 0 Å². The average molecular weight is 319 g/mol. The van der Waals surface area contributed by atoms with Gasteiger partial charge in [-0.15, -0.1) is 0 Å². The van der Waals surface area contributed by atoms with Gasteiger partial charge in [-0.05, 0) is 0 Å². The second-order valence-electron chi connectivity index (χ2n) is 2.88. The van der Waals surface area contributed by atoms with Crippen LogP contribution in [0.2, 0.25) is 0 Å².